The first-order valence-corrected chi connectivity index (χ1v) is 9.87. The molecule has 0 atom stereocenters. The number of anilines is 1. The van der Waals surface area contributed by atoms with Crippen molar-refractivity contribution in [2.75, 3.05) is 5.32 Å². The van der Waals surface area contributed by atoms with Crippen molar-refractivity contribution in [3.63, 3.8) is 0 Å². The van der Waals surface area contributed by atoms with E-state index >= 15 is 0 Å². The Bertz CT molecular complexity index is 1080. The maximum atomic E-state index is 4.82. The zero-order valence-electron chi connectivity index (χ0n) is 17.0. The molecule has 0 aliphatic rings. The Morgan fingerprint density at radius 3 is 2.52 bits per heavy atom. The van der Waals surface area contributed by atoms with Crippen LogP contribution in [0.5, 0.6) is 0 Å². The maximum Gasteiger partial charge on any atom is 0.161 e. The molecule has 4 aromatic rings. The van der Waals surface area contributed by atoms with Gasteiger partial charge in [0.15, 0.2) is 5.82 Å². The number of rotatable bonds is 6. The Labute approximate surface area is 171 Å². The fourth-order valence-corrected chi connectivity index (χ4v) is 3.36. The van der Waals surface area contributed by atoms with E-state index in [-0.39, 0.29) is 0 Å². The lowest BCUT2D eigenvalue weighted by molar-refractivity contribution is 0.866. The van der Waals surface area contributed by atoms with Gasteiger partial charge in [0.05, 0.1) is 5.69 Å². The van der Waals surface area contributed by atoms with Crippen molar-refractivity contribution in [2.24, 2.45) is 0 Å². The van der Waals surface area contributed by atoms with Crippen LogP contribution in [0.1, 0.15) is 36.5 Å². The molecule has 0 amide bonds. The minimum Gasteiger partial charge on any atom is -0.366 e. The average Bonchev–Trinajstić information content (AvgIpc) is 3.28. The van der Waals surface area contributed by atoms with Crippen LogP contribution in [-0.2, 0) is 6.54 Å². The van der Waals surface area contributed by atoms with Crippen molar-refractivity contribution < 1.29 is 0 Å². The van der Waals surface area contributed by atoms with Crippen molar-refractivity contribution >= 4 is 5.82 Å². The Balaban J connectivity index is 1.53. The molecule has 5 nitrogen and oxygen atoms in total. The van der Waals surface area contributed by atoms with Crippen LogP contribution in [0.15, 0.2) is 67.0 Å². The normalized spacial score (nSPS) is 11.0. The van der Waals surface area contributed by atoms with Crippen LogP contribution in [0.2, 0.25) is 0 Å². The molecule has 0 saturated carbocycles. The lowest BCUT2D eigenvalue weighted by atomic mass is 9.97. The second-order valence-corrected chi connectivity index (χ2v) is 7.49. The van der Waals surface area contributed by atoms with E-state index in [9.17, 15) is 0 Å². The van der Waals surface area contributed by atoms with Gasteiger partial charge in [0.25, 0.3) is 0 Å². The number of aromatic amines is 1. The van der Waals surface area contributed by atoms with Crippen LogP contribution >= 0.6 is 0 Å². The summed E-state index contributed by atoms with van der Waals surface area (Å²) in [7, 11) is 0. The zero-order valence-corrected chi connectivity index (χ0v) is 17.0. The van der Waals surface area contributed by atoms with Crippen LogP contribution in [0.25, 0.3) is 22.6 Å². The molecule has 0 fully saturated rings. The van der Waals surface area contributed by atoms with Crippen molar-refractivity contribution in [1.82, 2.24) is 20.2 Å². The average molecular weight is 383 g/mol. The molecule has 2 N–H and O–H groups in total. The minimum atomic E-state index is 0.417. The standard InChI is InChI=1S/C24H25N5/c1-16(2)20-6-4-5-7-21(20)24-25-14-17(3)23(28-24)26-15-18-8-10-19(11-9-18)22-12-13-27-29-22/h4-14,16H,15H2,1-3H3,(H,27,29)(H,25,26,28). The zero-order chi connectivity index (χ0) is 20.2. The molecule has 0 bridgehead atoms. The minimum absolute atomic E-state index is 0.417. The van der Waals surface area contributed by atoms with E-state index < -0.39 is 0 Å². The first-order chi connectivity index (χ1) is 14.1. The number of aromatic nitrogens is 4. The quantitative estimate of drug-likeness (QED) is 0.456. The van der Waals surface area contributed by atoms with Crippen LogP contribution < -0.4 is 5.32 Å². The lowest BCUT2D eigenvalue weighted by Gasteiger charge is -2.14. The molecule has 2 heterocycles. The van der Waals surface area contributed by atoms with E-state index in [2.05, 4.69) is 76.8 Å². The smallest absolute Gasteiger partial charge is 0.161 e. The van der Waals surface area contributed by atoms with Crippen LogP contribution in [0.3, 0.4) is 0 Å². The number of hydrogen-bond acceptors (Lipinski definition) is 4. The Morgan fingerprint density at radius 2 is 1.79 bits per heavy atom. The van der Waals surface area contributed by atoms with E-state index in [0.29, 0.717) is 12.5 Å². The van der Waals surface area contributed by atoms with Crippen LogP contribution in [0.4, 0.5) is 5.82 Å². The number of aryl methyl sites for hydroxylation is 1. The highest BCUT2D eigenvalue weighted by molar-refractivity contribution is 5.63. The lowest BCUT2D eigenvalue weighted by Crippen LogP contribution is -2.06. The van der Waals surface area contributed by atoms with Gasteiger partial charge < -0.3 is 5.32 Å². The summed E-state index contributed by atoms with van der Waals surface area (Å²) in [6.45, 7) is 7.12. The van der Waals surface area contributed by atoms with Gasteiger partial charge in [-0.1, -0.05) is 62.4 Å². The van der Waals surface area contributed by atoms with E-state index in [0.717, 1.165) is 34.0 Å². The molecule has 2 aromatic carbocycles. The molecule has 29 heavy (non-hydrogen) atoms. The van der Waals surface area contributed by atoms with E-state index in [1.165, 1.54) is 11.1 Å². The molecule has 5 heteroatoms. The molecular weight excluding hydrogens is 358 g/mol. The third-order valence-corrected chi connectivity index (χ3v) is 5.02. The summed E-state index contributed by atoms with van der Waals surface area (Å²) in [6, 6.07) is 18.8. The summed E-state index contributed by atoms with van der Waals surface area (Å²) in [5, 5.41) is 10.5. The first kappa shape index (κ1) is 18.9. The molecule has 0 spiro atoms. The molecule has 4 rings (SSSR count). The van der Waals surface area contributed by atoms with Gasteiger partial charge in [0.1, 0.15) is 5.82 Å². The van der Waals surface area contributed by atoms with Gasteiger partial charge in [-0.05, 0) is 35.6 Å². The molecule has 2 aromatic heterocycles. The van der Waals surface area contributed by atoms with Crippen molar-refractivity contribution in [3.05, 3.63) is 83.7 Å². The predicted octanol–water partition coefficient (Wildman–Crippen LogP) is 5.58. The van der Waals surface area contributed by atoms with E-state index in [4.69, 9.17) is 4.98 Å². The van der Waals surface area contributed by atoms with Gasteiger partial charge in [0, 0.05) is 30.1 Å². The topological polar surface area (TPSA) is 66.5 Å². The molecule has 0 aliphatic heterocycles. The first-order valence-electron chi connectivity index (χ1n) is 9.87. The summed E-state index contributed by atoms with van der Waals surface area (Å²) < 4.78 is 0. The highest BCUT2D eigenvalue weighted by Gasteiger charge is 2.12. The fraction of sp³-hybridized carbons (Fsp3) is 0.208. The largest absolute Gasteiger partial charge is 0.366 e. The maximum absolute atomic E-state index is 4.82. The van der Waals surface area contributed by atoms with E-state index in [1.54, 1.807) is 6.20 Å². The second-order valence-electron chi connectivity index (χ2n) is 7.49. The van der Waals surface area contributed by atoms with Crippen molar-refractivity contribution in [2.45, 2.75) is 33.2 Å². The van der Waals surface area contributed by atoms with Gasteiger partial charge in [0.2, 0.25) is 0 Å². The summed E-state index contributed by atoms with van der Waals surface area (Å²) in [4.78, 5) is 9.41. The summed E-state index contributed by atoms with van der Waals surface area (Å²) in [5.41, 5.74) is 6.72. The summed E-state index contributed by atoms with van der Waals surface area (Å²) in [5.74, 6) is 2.05. The molecule has 0 saturated heterocycles. The van der Waals surface area contributed by atoms with Crippen LogP contribution in [0, 0.1) is 6.92 Å². The van der Waals surface area contributed by atoms with Gasteiger partial charge in [-0.25, -0.2) is 9.97 Å². The van der Waals surface area contributed by atoms with Gasteiger partial charge in [-0.15, -0.1) is 0 Å². The van der Waals surface area contributed by atoms with Gasteiger partial charge >= 0.3 is 0 Å². The van der Waals surface area contributed by atoms with Gasteiger partial charge in [-0.3, -0.25) is 5.10 Å². The number of H-pyrrole nitrogens is 1. The predicted molar refractivity (Wildman–Crippen MR) is 118 cm³/mol. The van der Waals surface area contributed by atoms with Crippen molar-refractivity contribution in [3.8, 4) is 22.6 Å². The number of nitrogens with zero attached hydrogens (tertiary/aromatic N) is 3. The molecule has 0 unspecified atom stereocenters. The van der Waals surface area contributed by atoms with Crippen LogP contribution in [-0.4, -0.2) is 20.2 Å². The molecule has 146 valence electrons. The summed E-state index contributed by atoms with van der Waals surface area (Å²) >= 11 is 0. The SMILES string of the molecule is Cc1cnc(-c2ccccc2C(C)C)nc1NCc1ccc(-c2ccn[nH]2)cc1. The Kier molecular flexibility index (Phi) is 5.38. The molecule has 0 radical (unpaired) electrons. The monoisotopic (exact) mass is 383 g/mol. The number of benzene rings is 2. The van der Waals surface area contributed by atoms with Crippen molar-refractivity contribution in [1.29, 1.82) is 0 Å². The third kappa shape index (κ3) is 4.19. The number of hydrogen-bond donors (Lipinski definition) is 2. The number of nitrogens with one attached hydrogen (secondary N) is 2. The molecule has 0 aliphatic carbocycles. The second kappa shape index (κ2) is 8.27. The highest BCUT2D eigenvalue weighted by Crippen LogP contribution is 2.28. The highest BCUT2D eigenvalue weighted by atomic mass is 15.1. The van der Waals surface area contributed by atoms with Gasteiger partial charge in [-0.2, -0.15) is 5.10 Å². The summed E-state index contributed by atoms with van der Waals surface area (Å²) in [6.07, 6.45) is 3.65. The third-order valence-electron chi connectivity index (χ3n) is 5.02. The molecular formula is C24H25N5. The fourth-order valence-electron chi connectivity index (χ4n) is 3.36. The van der Waals surface area contributed by atoms with E-state index in [1.807, 2.05) is 25.3 Å². The Morgan fingerprint density at radius 1 is 1.00 bits per heavy atom. The Hall–Kier alpha value is -3.47.